The molecule has 0 N–H and O–H groups in total. The molecule has 0 radical (unpaired) electrons. The highest BCUT2D eigenvalue weighted by Gasteiger charge is 2.22. The summed E-state index contributed by atoms with van der Waals surface area (Å²) >= 11 is 1.83. The molecule has 4 heteroatoms. The molecule has 0 spiro atoms. The number of rotatable bonds is 4. The van der Waals surface area contributed by atoms with E-state index in [4.69, 9.17) is 14.4 Å². The highest BCUT2D eigenvalue weighted by molar-refractivity contribution is 7.26. The molecule has 0 bridgehead atoms. The second kappa shape index (κ2) is 10.5. The van der Waals surface area contributed by atoms with Gasteiger partial charge in [0.25, 0.3) is 0 Å². The molecular formula is C41H26N2OS. The first-order chi connectivity index (χ1) is 22.3. The van der Waals surface area contributed by atoms with E-state index in [2.05, 4.69) is 115 Å². The van der Waals surface area contributed by atoms with Crippen molar-refractivity contribution in [2.45, 2.75) is 6.42 Å². The Morgan fingerprint density at radius 3 is 1.93 bits per heavy atom. The largest absolute Gasteiger partial charge is 0.456 e. The number of allylic oxidation sites excluding steroid dienone is 1. The van der Waals surface area contributed by atoms with E-state index >= 15 is 0 Å². The van der Waals surface area contributed by atoms with Crippen molar-refractivity contribution in [3.8, 4) is 11.1 Å². The van der Waals surface area contributed by atoms with Crippen LogP contribution in [0.4, 0.5) is 0 Å². The highest BCUT2D eigenvalue weighted by Crippen LogP contribution is 2.40. The zero-order valence-corrected chi connectivity index (χ0v) is 25.1. The minimum atomic E-state index is 0.669. The van der Waals surface area contributed by atoms with Gasteiger partial charge in [-0.3, -0.25) is 0 Å². The van der Waals surface area contributed by atoms with Crippen molar-refractivity contribution in [3.05, 3.63) is 162 Å². The van der Waals surface area contributed by atoms with Crippen LogP contribution in [0.25, 0.3) is 58.9 Å². The van der Waals surface area contributed by atoms with Gasteiger partial charge in [0.2, 0.25) is 0 Å². The van der Waals surface area contributed by atoms with Crippen LogP contribution in [0.5, 0.6) is 0 Å². The Balaban J connectivity index is 1.32. The second-order valence-corrected chi connectivity index (χ2v) is 12.3. The van der Waals surface area contributed by atoms with E-state index in [-0.39, 0.29) is 0 Å². The van der Waals surface area contributed by atoms with Gasteiger partial charge in [0.05, 0.1) is 11.4 Å². The minimum Gasteiger partial charge on any atom is -0.456 e. The third-order valence-electron chi connectivity index (χ3n) is 8.59. The zero-order valence-electron chi connectivity index (χ0n) is 24.3. The Hall–Kier alpha value is -5.58. The summed E-state index contributed by atoms with van der Waals surface area (Å²) in [6.07, 6.45) is 2.89. The molecule has 8 aromatic rings. The Morgan fingerprint density at radius 1 is 0.511 bits per heavy atom. The topological polar surface area (TPSA) is 37.9 Å². The molecule has 0 aliphatic carbocycles. The monoisotopic (exact) mass is 594 g/mol. The van der Waals surface area contributed by atoms with E-state index in [1.807, 2.05) is 41.7 Å². The predicted octanol–water partition coefficient (Wildman–Crippen LogP) is 11.3. The lowest BCUT2D eigenvalue weighted by molar-refractivity contribution is 0.669. The van der Waals surface area contributed by atoms with E-state index in [1.165, 1.54) is 20.2 Å². The van der Waals surface area contributed by atoms with Crippen molar-refractivity contribution < 1.29 is 4.42 Å². The summed E-state index contributed by atoms with van der Waals surface area (Å²) in [7, 11) is 0. The van der Waals surface area contributed by atoms with Crippen molar-refractivity contribution >= 4 is 70.7 Å². The number of aliphatic imine (C=N–C) groups is 2. The lowest BCUT2D eigenvalue weighted by Gasteiger charge is -2.09. The molecular weight excluding hydrogens is 569 g/mol. The number of nitrogens with zero attached hydrogens (tertiary/aromatic N) is 2. The number of amidine groups is 1. The van der Waals surface area contributed by atoms with E-state index in [9.17, 15) is 0 Å². The molecule has 0 saturated heterocycles. The van der Waals surface area contributed by atoms with Crippen LogP contribution >= 0.6 is 11.3 Å². The number of thiophene rings is 1. The highest BCUT2D eigenvalue weighted by atomic mass is 32.1. The van der Waals surface area contributed by atoms with Crippen LogP contribution in [0.2, 0.25) is 0 Å². The Bertz CT molecular complexity index is 2500. The fourth-order valence-electron chi connectivity index (χ4n) is 6.52. The molecule has 0 fully saturated rings. The van der Waals surface area contributed by atoms with Crippen LogP contribution in [0.1, 0.15) is 23.1 Å². The third kappa shape index (κ3) is 4.34. The van der Waals surface area contributed by atoms with Crippen LogP contribution in [-0.4, -0.2) is 11.5 Å². The number of hydrogen-bond acceptors (Lipinski definition) is 4. The van der Waals surface area contributed by atoms with Crippen LogP contribution in [0.3, 0.4) is 0 Å². The first kappa shape index (κ1) is 25.9. The SMILES string of the molecule is C1=C(c2ccccc2)N=C(c2cccc3oc4cccc(-c5ccccc5)c4c23)N=C(c2cccc3c2sc2ccccc23)C1. The summed E-state index contributed by atoms with van der Waals surface area (Å²) in [4.78, 5) is 10.7. The number of fused-ring (bicyclic) bond motifs is 6. The standard InChI is InChI=1S/C41H26N2OS/c1-3-12-26(13-4-1)28-17-10-21-35-38(28)39-32(20-11-22-36(39)44-35)41-42-33(27-14-5-2-6-15-27)24-25-34(43-41)31-19-9-18-30-29-16-7-8-23-37(29)45-40(30)31/h1-24H,25H2. The maximum absolute atomic E-state index is 6.48. The Morgan fingerprint density at radius 2 is 1.13 bits per heavy atom. The molecule has 1 aliphatic heterocycles. The van der Waals surface area contributed by atoms with E-state index in [0.717, 1.165) is 61.2 Å². The molecule has 6 aromatic carbocycles. The van der Waals surface area contributed by atoms with Gasteiger partial charge in [0.15, 0.2) is 5.84 Å². The van der Waals surface area contributed by atoms with Gasteiger partial charge < -0.3 is 4.42 Å². The van der Waals surface area contributed by atoms with Crippen molar-refractivity contribution in [2.24, 2.45) is 9.98 Å². The molecule has 1 aliphatic rings. The Kier molecular flexibility index (Phi) is 6.06. The van der Waals surface area contributed by atoms with Gasteiger partial charge >= 0.3 is 0 Å². The normalized spacial score (nSPS) is 13.6. The molecule has 3 heterocycles. The third-order valence-corrected chi connectivity index (χ3v) is 9.81. The maximum atomic E-state index is 6.48. The molecule has 9 rings (SSSR count). The second-order valence-electron chi connectivity index (χ2n) is 11.3. The van der Waals surface area contributed by atoms with Gasteiger partial charge in [0, 0.05) is 48.5 Å². The fourth-order valence-corrected chi connectivity index (χ4v) is 7.76. The molecule has 0 unspecified atom stereocenters. The van der Waals surface area contributed by atoms with Gasteiger partial charge in [-0.05, 0) is 34.9 Å². The van der Waals surface area contributed by atoms with E-state index in [1.54, 1.807) is 0 Å². The summed E-state index contributed by atoms with van der Waals surface area (Å²) < 4.78 is 9.02. The quantitative estimate of drug-likeness (QED) is 0.200. The summed E-state index contributed by atoms with van der Waals surface area (Å²) in [6, 6.07) is 48.6. The van der Waals surface area contributed by atoms with Crippen molar-refractivity contribution in [3.63, 3.8) is 0 Å². The molecule has 0 saturated carbocycles. The number of hydrogen-bond donors (Lipinski definition) is 0. The van der Waals surface area contributed by atoms with Gasteiger partial charge in [0.1, 0.15) is 11.2 Å². The fraction of sp³-hybridized carbons (Fsp3) is 0.0244. The average Bonchev–Trinajstić information content (AvgIpc) is 3.60. The summed E-state index contributed by atoms with van der Waals surface area (Å²) in [5.41, 5.74) is 9.06. The average molecular weight is 595 g/mol. The Labute approximate surface area is 264 Å². The van der Waals surface area contributed by atoms with Gasteiger partial charge in [-0.15, -0.1) is 11.3 Å². The van der Waals surface area contributed by atoms with Crippen molar-refractivity contribution in [1.29, 1.82) is 0 Å². The number of benzene rings is 6. The minimum absolute atomic E-state index is 0.669. The van der Waals surface area contributed by atoms with Gasteiger partial charge in [-0.1, -0.05) is 127 Å². The van der Waals surface area contributed by atoms with Crippen molar-refractivity contribution in [2.75, 3.05) is 0 Å². The zero-order chi connectivity index (χ0) is 29.7. The molecule has 2 aromatic heterocycles. The van der Waals surface area contributed by atoms with Gasteiger partial charge in [-0.2, -0.15) is 0 Å². The molecule has 0 amide bonds. The van der Waals surface area contributed by atoms with E-state index in [0.29, 0.717) is 12.3 Å². The lowest BCUT2D eigenvalue weighted by Crippen LogP contribution is -2.05. The number of furan rings is 1. The predicted molar refractivity (Wildman–Crippen MR) is 191 cm³/mol. The summed E-state index contributed by atoms with van der Waals surface area (Å²) in [5.74, 6) is 0.687. The summed E-state index contributed by atoms with van der Waals surface area (Å²) in [6.45, 7) is 0. The van der Waals surface area contributed by atoms with Crippen LogP contribution in [-0.2, 0) is 0 Å². The maximum Gasteiger partial charge on any atom is 0.160 e. The molecule has 45 heavy (non-hydrogen) atoms. The van der Waals surface area contributed by atoms with Crippen LogP contribution < -0.4 is 0 Å². The molecule has 0 atom stereocenters. The molecule has 3 nitrogen and oxygen atoms in total. The lowest BCUT2D eigenvalue weighted by atomic mass is 9.97. The molecule has 212 valence electrons. The van der Waals surface area contributed by atoms with Crippen LogP contribution in [0.15, 0.2) is 160 Å². The van der Waals surface area contributed by atoms with Crippen molar-refractivity contribution in [1.82, 2.24) is 0 Å². The first-order valence-corrected chi connectivity index (χ1v) is 16.0. The smallest absolute Gasteiger partial charge is 0.160 e. The first-order valence-electron chi connectivity index (χ1n) is 15.1. The summed E-state index contributed by atoms with van der Waals surface area (Å²) in [5, 5.41) is 4.66. The van der Waals surface area contributed by atoms with E-state index < -0.39 is 0 Å². The van der Waals surface area contributed by atoms with Crippen LogP contribution in [0, 0.1) is 0 Å². The van der Waals surface area contributed by atoms with Gasteiger partial charge in [-0.25, -0.2) is 9.98 Å².